The molecule has 2 amide bonds. The predicted octanol–water partition coefficient (Wildman–Crippen LogP) is 1.48. The van der Waals surface area contributed by atoms with Crippen molar-refractivity contribution >= 4 is 41.3 Å². The van der Waals surface area contributed by atoms with Crippen molar-refractivity contribution in [2.45, 2.75) is 6.04 Å². The highest BCUT2D eigenvalue weighted by atomic mass is 32.2. The summed E-state index contributed by atoms with van der Waals surface area (Å²) in [4.78, 5) is 40.0. The summed E-state index contributed by atoms with van der Waals surface area (Å²) in [5, 5.41) is 9.08. The Hall–Kier alpha value is -1.67. The number of hydrogen-bond acceptors (Lipinski definition) is 5. The summed E-state index contributed by atoms with van der Waals surface area (Å²) < 4.78 is 0. The van der Waals surface area contributed by atoms with E-state index in [9.17, 15) is 14.4 Å². The van der Waals surface area contributed by atoms with Gasteiger partial charge in [-0.1, -0.05) is 6.07 Å². The minimum Gasteiger partial charge on any atom is -0.478 e. The van der Waals surface area contributed by atoms with Crippen LogP contribution >= 0.6 is 23.5 Å². The van der Waals surface area contributed by atoms with Crippen LogP contribution in [0.3, 0.4) is 0 Å². The van der Waals surface area contributed by atoms with Gasteiger partial charge in [-0.25, -0.2) is 4.79 Å². The van der Waals surface area contributed by atoms with E-state index in [2.05, 4.69) is 0 Å². The normalized spacial score (nSPS) is 20.9. The summed E-state index contributed by atoms with van der Waals surface area (Å²) in [6.07, 6.45) is 0. The first-order chi connectivity index (χ1) is 11.6. The number of carbonyl (C=O) groups is 3. The molecule has 128 valence electrons. The quantitative estimate of drug-likeness (QED) is 0.873. The van der Waals surface area contributed by atoms with Gasteiger partial charge in [0.15, 0.2) is 0 Å². The second kappa shape index (κ2) is 7.48. The Morgan fingerprint density at radius 1 is 1.08 bits per heavy atom. The van der Waals surface area contributed by atoms with Gasteiger partial charge in [0.25, 0.3) is 5.91 Å². The molecule has 0 radical (unpaired) electrons. The lowest BCUT2D eigenvalue weighted by Crippen LogP contribution is -2.51. The summed E-state index contributed by atoms with van der Waals surface area (Å²) in [6.45, 7) is 1.45. The number of carbonyl (C=O) groups excluding carboxylic acids is 2. The molecular weight excluding hydrogens is 348 g/mol. The van der Waals surface area contributed by atoms with Crippen LogP contribution in [0, 0.1) is 0 Å². The maximum atomic E-state index is 12.8. The topological polar surface area (TPSA) is 77.9 Å². The van der Waals surface area contributed by atoms with Crippen LogP contribution in [0.1, 0.15) is 20.7 Å². The SMILES string of the molecule is O=C(O)c1cccc(C(=O)N2CSCC2C(=O)N2CCSCC2)c1. The van der Waals surface area contributed by atoms with Crippen LogP contribution in [0.25, 0.3) is 0 Å². The van der Waals surface area contributed by atoms with Crippen LogP contribution in [0.4, 0.5) is 0 Å². The van der Waals surface area contributed by atoms with E-state index in [1.165, 1.54) is 12.1 Å². The van der Waals surface area contributed by atoms with Crippen molar-refractivity contribution in [2.24, 2.45) is 0 Å². The molecule has 2 fully saturated rings. The van der Waals surface area contributed by atoms with Gasteiger partial charge < -0.3 is 14.9 Å². The fourth-order valence-corrected chi connectivity index (χ4v) is 4.84. The van der Waals surface area contributed by atoms with Gasteiger partial charge >= 0.3 is 5.97 Å². The molecule has 24 heavy (non-hydrogen) atoms. The van der Waals surface area contributed by atoms with Crippen LogP contribution in [0.15, 0.2) is 24.3 Å². The zero-order valence-electron chi connectivity index (χ0n) is 13.0. The van der Waals surface area contributed by atoms with Gasteiger partial charge in [0, 0.05) is 35.9 Å². The Morgan fingerprint density at radius 2 is 1.79 bits per heavy atom. The third-order valence-electron chi connectivity index (χ3n) is 4.11. The van der Waals surface area contributed by atoms with Crippen molar-refractivity contribution in [3.05, 3.63) is 35.4 Å². The molecule has 1 unspecified atom stereocenters. The lowest BCUT2D eigenvalue weighted by atomic mass is 10.1. The average molecular weight is 366 g/mol. The number of benzene rings is 1. The molecule has 0 spiro atoms. The first-order valence-corrected chi connectivity index (χ1v) is 9.97. The zero-order valence-corrected chi connectivity index (χ0v) is 14.6. The molecule has 2 aliphatic rings. The van der Waals surface area contributed by atoms with E-state index in [4.69, 9.17) is 5.11 Å². The molecule has 0 bridgehead atoms. The van der Waals surface area contributed by atoms with Crippen LogP contribution < -0.4 is 0 Å². The van der Waals surface area contributed by atoms with E-state index in [0.717, 1.165) is 24.6 Å². The molecule has 1 aromatic carbocycles. The number of hydrogen-bond donors (Lipinski definition) is 1. The van der Waals surface area contributed by atoms with Crippen LogP contribution in [0.5, 0.6) is 0 Å². The molecule has 3 rings (SSSR count). The smallest absolute Gasteiger partial charge is 0.335 e. The largest absolute Gasteiger partial charge is 0.478 e. The zero-order chi connectivity index (χ0) is 17.1. The highest BCUT2D eigenvalue weighted by Gasteiger charge is 2.37. The van der Waals surface area contributed by atoms with E-state index in [1.807, 2.05) is 16.7 Å². The lowest BCUT2D eigenvalue weighted by Gasteiger charge is -2.32. The number of carboxylic acids is 1. The summed E-state index contributed by atoms with van der Waals surface area (Å²) in [5.74, 6) is 1.55. The minimum atomic E-state index is -1.07. The van der Waals surface area contributed by atoms with Gasteiger partial charge in [-0.05, 0) is 18.2 Å². The van der Waals surface area contributed by atoms with E-state index in [-0.39, 0.29) is 17.4 Å². The Kier molecular flexibility index (Phi) is 5.35. The van der Waals surface area contributed by atoms with E-state index in [0.29, 0.717) is 17.2 Å². The van der Waals surface area contributed by atoms with E-state index >= 15 is 0 Å². The molecule has 2 heterocycles. The Morgan fingerprint density at radius 3 is 2.50 bits per heavy atom. The molecule has 0 saturated carbocycles. The van der Waals surface area contributed by atoms with Crippen LogP contribution in [-0.4, -0.2) is 75.0 Å². The maximum Gasteiger partial charge on any atom is 0.335 e. The number of carboxylic acid groups (broad SMARTS) is 1. The molecule has 1 aromatic rings. The lowest BCUT2D eigenvalue weighted by molar-refractivity contribution is -0.134. The number of thioether (sulfide) groups is 2. The number of nitrogens with zero attached hydrogens (tertiary/aromatic N) is 2. The summed E-state index contributed by atoms with van der Waals surface area (Å²) in [7, 11) is 0. The molecule has 8 heteroatoms. The fraction of sp³-hybridized carbons (Fsp3) is 0.438. The van der Waals surface area contributed by atoms with Crippen molar-refractivity contribution in [3.63, 3.8) is 0 Å². The van der Waals surface area contributed by atoms with Gasteiger partial charge in [-0.3, -0.25) is 9.59 Å². The Bertz CT molecular complexity index is 661. The van der Waals surface area contributed by atoms with Crippen LogP contribution in [-0.2, 0) is 4.79 Å². The summed E-state index contributed by atoms with van der Waals surface area (Å²) >= 11 is 3.38. The molecule has 1 N–H and O–H groups in total. The molecule has 1 atom stereocenters. The maximum absolute atomic E-state index is 12.8. The molecule has 2 aliphatic heterocycles. The third-order valence-corrected chi connectivity index (χ3v) is 6.06. The highest BCUT2D eigenvalue weighted by Crippen LogP contribution is 2.26. The van der Waals surface area contributed by atoms with E-state index < -0.39 is 12.0 Å². The second-order valence-corrected chi connectivity index (χ2v) is 7.84. The average Bonchev–Trinajstić information content (AvgIpc) is 3.11. The van der Waals surface area contributed by atoms with Crippen molar-refractivity contribution in [3.8, 4) is 0 Å². The van der Waals surface area contributed by atoms with Crippen molar-refractivity contribution in [1.29, 1.82) is 0 Å². The van der Waals surface area contributed by atoms with Crippen molar-refractivity contribution in [2.75, 3.05) is 36.2 Å². The van der Waals surface area contributed by atoms with E-state index in [1.54, 1.807) is 28.8 Å². The standard InChI is InChI=1S/C16H18N2O4S2/c19-14(11-2-1-3-12(8-11)16(21)22)18-10-24-9-13(18)15(20)17-4-6-23-7-5-17/h1-3,8,13H,4-7,9-10H2,(H,21,22). The monoisotopic (exact) mass is 366 g/mol. The third kappa shape index (κ3) is 3.54. The minimum absolute atomic E-state index is 0.00281. The number of aromatic carboxylic acids is 1. The Balaban J connectivity index is 1.77. The summed E-state index contributed by atoms with van der Waals surface area (Å²) in [5.41, 5.74) is 0.382. The summed E-state index contributed by atoms with van der Waals surface area (Å²) in [6, 6.07) is 5.51. The second-order valence-electron chi connectivity index (χ2n) is 5.61. The fourth-order valence-electron chi connectivity index (χ4n) is 2.79. The van der Waals surface area contributed by atoms with Gasteiger partial charge in [0.2, 0.25) is 5.91 Å². The van der Waals surface area contributed by atoms with Crippen molar-refractivity contribution < 1.29 is 19.5 Å². The van der Waals surface area contributed by atoms with Crippen LogP contribution in [0.2, 0.25) is 0 Å². The van der Waals surface area contributed by atoms with Gasteiger partial charge in [-0.2, -0.15) is 11.8 Å². The Labute approximate surface area is 148 Å². The molecule has 0 aromatic heterocycles. The van der Waals surface area contributed by atoms with Gasteiger partial charge in [-0.15, -0.1) is 11.8 Å². The first kappa shape index (κ1) is 17.2. The highest BCUT2D eigenvalue weighted by molar-refractivity contribution is 7.99. The number of rotatable bonds is 3. The predicted molar refractivity (Wildman–Crippen MR) is 94.6 cm³/mol. The van der Waals surface area contributed by atoms with Crippen molar-refractivity contribution in [1.82, 2.24) is 9.80 Å². The molecular formula is C16H18N2O4S2. The molecule has 2 saturated heterocycles. The molecule has 0 aliphatic carbocycles. The molecule has 6 nitrogen and oxygen atoms in total. The van der Waals surface area contributed by atoms with Gasteiger partial charge in [0.1, 0.15) is 6.04 Å². The number of amides is 2. The van der Waals surface area contributed by atoms with Gasteiger partial charge in [0.05, 0.1) is 11.4 Å². The first-order valence-electron chi connectivity index (χ1n) is 7.66.